The molecule has 4 heteroatoms. The number of hydrogen-bond donors (Lipinski definition) is 1. The molecule has 30 heavy (non-hydrogen) atoms. The van der Waals surface area contributed by atoms with Gasteiger partial charge in [0.1, 0.15) is 5.84 Å². The van der Waals surface area contributed by atoms with E-state index in [0.29, 0.717) is 12.2 Å². The molecule has 3 heterocycles. The van der Waals surface area contributed by atoms with Crippen molar-refractivity contribution in [2.45, 2.75) is 52.9 Å². The van der Waals surface area contributed by atoms with Gasteiger partial charge in [-0.3, -0.25) is 4.98 Å². The van der Waals surface area contributed by atoms with Crippen LogP contribution >= 0.6 is 0 Å². The third-order valence-electron chi connectivity index (χ3n) is 5.32. The predicted molar refractivity (Wildman–Crippen MR) is 128 cm³/mol. The third-order valence-corrected chi connectivity index (χ3v) is 5.32. The summed E-state index contributed by atoms with van der Waals surface area (Å²) in [5, 5.41) is 3.32. The number of hydrogen-bond acceptors (Lipinski definition) is 3. The Hall–Kier alpha value is -3.01. The van der Waals surface area contributed by atoms with Crippen LogP contribution in [0.5, 0.6) is 0 Å². The molecule has 4 rings (SSSR count). The zero-order valence-corrected chi connectivity index (χ0v) is 18.4. The summed E-state index contributed by atoms with van der Waals surface area (Å²) in [7, 11) is 0. The number of pyridine rings is 2. The maximum absolute atomic E-state index is 4.77. The van der Waals surface area contributed by atoms with E-state index in [-0.39, 0.29) is 0 Å². The Morgan fingerprint density at radius 1 is 1.23 bits per heavy atom. The van der Waals surface area contributed by atoms with Crippen LogP contribution in [0, 0.1) is 12.8 Å². The molecule has 4 nitrogen and oxygen atoms in total. The average Bonchev–Trinajstić information content (AvgIpc) is 3.36. The van der Waals surface area contributed by atoms with E-state index in [0.717, 1.165) is 40.0 Å². The molecule has 1 aliphatic carbocycles. The second-order valence-electron chi connectivity index (χ2n) is 7.99. The fraction of sp³-hybridized carbons (Fsp3) is 0.346. The highest BCUT2D eigenvalue weighted by atomic mass is 15.1. The van der Waals surface area contributed by atoms with E-state index in [1.165, 1.54) is 25.7 Å². The topological polar surface area (TPSA) is 50.2 Å². The molecule has 0 atom stereocenters. The fourth-order valence-corrected chi connectivity index (χ4v) is 3.72. The third kappa shape index (κ3) is 5.99. The zero-order chi connectivity index (χ0) is 21.3. The van der Waals surface area contributed by atoms with Gasteiger partial charge < -0.3 is 5.32 Å². The molecule has 0 bridgehead atoms. The molecule has 0 aromatic carbocycles. The first-order valence-corrected chi connectivity index (χ1v) is 10.8. The second kappa shape index (κ2) is 10.7. The normalized spacial score (nSPS) is 17.6. The Labute approximate surface area is 180 Å². The van der Waals surface area contributed by atoms with Gasteiger partial charge in [0, 0.05) is 6.20 Å². The van der Waals surface area contributed by atoms with Gasteiger partial charge in [0.05, 0.1) is 23.5 Å². The van der Waals surface area contributed by atoms with Crippen LogP contribution in [0.25, 0.3) is 5.57 Å². The van der Waals surface area contributed by atoms with Gasteiger partial charge in [-0.2, -0.15) is 0 Å². The first-order valence-electron chi connectivity index (χ1n) is 10.8. The number of amidine groups is 1. The van der Waals surface area contributed by atoms with Gasteiger partial charge >= 0.3 is 0 Å². The van der Waals surface area contributed by atoms with E-state index < -0.39 is 0 Å². The number of nitrogens with one attached hydrogen (secondary N) is 1. The summed E-state index contributed by atoms with van der Waals surface area (Å²) in [5.74, 6) is 2.63. The second-order valence-corrected chi connectivity index (χ2v) is 7.99. The maximum atomic E-state index is 4.77. The highest BCUT2D eigenvalue weighted by Gasteiger charge is 2.18. The number of aliphatic imine (C=N–C) groups is 1. The Morgan fingerprint density at radius 2 is 2.03 bits per heavy atom. The van der Waals surface area contributed by atoms with E-state index >= 15 is 0 Å². The smallest absolute Gasteiger partial charge is 0.154 e. The largest absolute Gasteiger partial charge is 0.342 e. The van der Waals surface area contributed by atoms with Gasteiger partial charge in [0.25, 0.3) is 0 Å². The summed E-state index contributed by atoms with van der Waals surface area (Å²) < 4.78 is 0. The molecule has 0 unspecified atom stereocenters. The van der Waals surface area contributed by atoms with Crippen LogP contribution in [-0.2, 0) is 6.42 Å². The molecule has 0 saturated heterocycles. The van der Waals surface area contributed by atoms with Crippen molar-refractivity contribution < 1.29 is 0 Å². The highest BCUT2D eigenvalue weighted by molar-refractivity contribution is 6.03. The van der Waals surface area contributed by atoms with Crippen molar-refractivity contribution in [3.63, 3.8) is 0 Å². The van der Waals surface area contributed by atoms with Crippen molar-refractivity contribution in [3.05, 3.63) is 78.3 Å². The zero-order valence-electron chi connectivity index (χ0n) is 18.4. The summed E-state index contributed by atoms with van der Waals surface area (Å²) >= 11 is 0. The number of aromatic nitrogens is 2. The van der Waals surface area contributed by atoms with Gasteiger partial charge in [-0.1, -0.05) is 63.5 Å². The Bertz CT molecular complexity index is 963. The first kappa shape index (κ1) is 21.7. The minimum Gasteiger partial charge on any atom is -0.342 e. The molecule has 2 aromatic rings. The van der Waals surface area contributed by atoms with E-state index in [1.54, 1.807) is 12.3 Å². The first-order chi connectivity index (χ1) is 14.6. The lowest BCUT2D eigenvalue weighted by Gasteiger charge is -2.04. The van der Waals surface area contributed by atoms with E-state index in [2.05, 4.69) is 28.8 Å². The van der Waals surface area contributed by atoms with Crippen LogP contribution in [0.2, 0.25) is 0 Å². The van der Waals surface area contributed by atoms with E-state index in [9.17, 15) is 0 Å². The summed E-state index contributed by atoms with van der Waals surface area (Å²) in [5.41, 5.74) is 5.12. The number of fused-ring (bicyclic) bond motifs is 1. The SMILES string of the molecule is C=C/C=C(\C=C/C)c1ccc2c(n1)CC(=Nc1cc(C)ccn1)N2.CC1CCCC1. The number of rotatable bonds is 4. The Kier molecular flexibility index (Phi) is 7.72. The van der Waals surface area contributed by atoms with Crippen molar-refractivity contribution in [1.29, 1.82) is 0 Å². The minimum absolute atomic E-state index is 0.677. The van der Waals surface area contributed by atoms with Crippen LogP contribution in [0.1, 0.15) is 56.5 Å². The number of nitrogens with zero attached hydrogens (tertiary/aromatic N) is 3. The van der Waals surface area contributed by atoms with Crippen LogP contribution in [-0.4, -0.2) is 15.8 Å². The molecule has 2 aromatic heterocycles. The predicted octanol–water partition coefficient (Wildman–Crippen LogP) is 6.83. The standard InChI is InChI=1S/C20H20N4.C6H12/c1-4-6-15(7-5-2)16-8-9-17-18(22-16)13-20(23-17)24-19-12-14(3)10-11-21-19;1-6-4-2-3-5-6/h4-12H,1,13H2,2-3H3,(H,21,23,24);6H,2-5H2,1H3/b7-5-,15-6+;. The van der Waals surface area contributed by atoms with Gasteiger partial charge in [-0.15, -0.1) is 0 Å². The molecule has 0 amide bonds. The molecule has 1 fully saturated rings. The maximum Gasteiger partial charge on any atom is 0.154 e. The lowest BCUT2D eigenvalue weighted by molar-refractivity contribution is 0.612. The van der Waals surface area contributed by atoms with Gasteiger partial charge in [0.2, 0.25) is 0 Å². The summed E-state index contributed by atoms with van der Waals surface area (Å²) in [6, 6.07) is 7.98. The highest BCUT2D eigenvalue weighted by Crippen LogP contribution is 2.26. The molecule has 156 valence electrons. The quantitative estimate of drug-likeness (QED) is 0.573. The fourth-order valence-electron chi connectivity index (χ4n) is 3.72. The van der Waals surface area contributed by atoms with Gasteiger partial charge in [-0.05, 0) is 55.2 Å². The van der Waals surface area contributed by atoms with Gasteiger partial charge in [0.15, 0.2) is 5.82 Å². The molecule has 1 aliphatic heterocycles. The summed E-state index contributed by atoms with van der Waals surface area (Å²) in [6.45, 7) is 10.1. The molecular weight excluding hydrogens is 368 g/mol. The molecule has 1 saturated carbocycles. The monoisotopic (exact) mass is 400 g/mol. The molecule has 1 N–H and O–H groups in total. The number of aryl methyl sites for hydroxylation is 1. The molecular formula is C26H32N4. The lowest BCUT2D eigenvalue weighted by atomic mass is 10.1. The van der Waals surface area contributed by atoms with E-state index in [4.69, 9.17) is 4.98 Å². The molecule has 0 spiro atoms. The minimum atomic E-state index is 0.677. The van der Waals surface area contributed by atoms with Crippen molar-refractivity contribution >= 4 is 22.9 Å². The Balaban J connectivity index is 0.000000367. The number of anilines is 1. The Morgan fingerprint density at radius 3 is 2.67 bits per heavy atom. The van der Waals surface area contributed by atoms with Gasteiger partial charge in [-0.25, -0.2) is 9.98 Å². The van der Waals surface area contributed by atoms with Crippen LogP contribution in [0.3, 0.4) is 0 Å². The molecule has 0 radical (unpaired) electrons. The lowest BCUT2D eigenvalue weighted by Crippen LogP contribution is -2.05. The van der Waals surface area contributed by atoms with Crippen LogP contribution in [0.15, 0.2) is 66.3 Å². The average molecular weight is 401 g/mol. The number of allylic oxidation sites excluding steroid dienone is 5. The van der Waals surface area contributed by atoms with Crippen molar-refractivity contribution in [2.75, 3.05) is 5.32 Å². The van der Waals surface area contributed by atoms with E-state index in [1.807, 2.05) is 56.3 Å². The van der Waals surface area contributed by atoms with Crippen molar-refractivity contribution in [3.8, 4) is 0 Å². The summed E-state index contributed by atoms with van der Waals surface area (Å²) in [4.78, 5) is 13.6. The molecule has 2 aliphatic rings. The van der Waals surface area contributed by atoms with Crippen LogP contribution < -0.4 is 5.32 Å². The van der Waals surface area contributed by atoms with Crippen LogP contribution in [0.4, 0.5) is 11.5 Å². The summed E-state index contributed by atoms with van der Waals surface area (Å²) in [6.07, 6.45) is 16.2. The van der Waals surface area contributed by atoms with Crippen molar-refractivity contribution in [1.82, 2.24) is 9.97 Å². The van der Waals surface area contributed by atoms with Crippen molar-refractivity contribution in [2.24, 2.45) is 10.9 Å².